The summed E-state index contributed by atoms with van der Waals surface area (Å²) in [7, 11) is 0. The molecule has 0 aromatic heterocycles. The largest absolute Gasteiger partial charge is 0.494 e. The van der Waals surface area contributed by atoms with Crippen molar-refractivity contribution in [3.8, 4) is 5.75 Å². The molecule has 0 radical (unpaired) electrons. The van der Waals surface area contributed by atoms with Crippen LogP contribution in [0.3, 0.4) is 0 Å². The zero-order chi connectivity index (χ0) is 18.4. The first-order valence-electron chi connectivity index (χ1n) is 9.82. The molecule has 2 aromatic carbocycles. The summed E-state index contributed by atoms with van der Waals surface area (Å²) in [4.78, 5) is 0. The van der Waals surface area contributed by atoms with Crippen LogP contribution in [0.5, 0.6) is 5.75 Å². The Balaban J connectivity index is 1.52. The number of aliphatic hydroxyl groups excluding tert-OH is 1. The Morgan fingerprint density at radius 2 is 1.65 bits per heavy atom. The van der Waals surface area contributed by atoms with Gasteiger partial charge in [-0.05, 0) is 73.3 Å². The van der Waals surface area contributed by atoms with E-state index < -0.39 is 0 Å². The van der Waals surface area contributed by atoms with Crippen molar-refractivity contribution in [3.05, 3.63) is 65.2 Å². The Bertz CT molecular complexity index is 680. The fraction of sp³-hybridized carbons (Fsp3) is 0.478. The number of hydrogen-bond acceptors (Lipinski definition) is 3. The lowest BCUT2D eigenvalue weighted by Gasteiger charge is -2.21. The highest BCUT2D eigenvalue weighted by molar-refractivity contribution is 5.30. The second-order valence-electron chi connectivity index (χ2n) is 7.69. The lowest BCUT2D eigenvalue weighted by Crippen LogP contribution is -2.40. The molecule has 2 unspecified atom stereocenters. The van der Waals surface area contributed by atoms with E-state index in [1.165, 1.54) is 16.7 Å². The molecule has 3 nitrogen and oxygen atoms in total. The average molecular weight is 354 g/mol. The van der Waals surface area contributed by atoms with E-state index in [-0.39, 0.29) is 12.1 Å². The summed E-state index contributed by atoms with van der Waals surface area (Å²) in [6, 6.07) is 17.4. The summed E-state index contributed by atoms with van der Waals surface area (Å²) in [5.74, 6) is 1.44. The maximum Gasteiger partial charge on any atom is 0.119 e. The quantitative estimate of drug-likeness (QED) is 0.747. The molecule has 26 heavy (non-hydrogen) atoms. The molecule has 140 valence electrons. The molecule has 0 spiro atoms. The molecule has 0 saturated heterocycles. The summed E-state index contributed by atoms with van der Waals surface area (Å²) in [5, 5.41) is 9.44. The van der Waals surface area contributed by atoms with Gasteiger partial charge < -0.3 is 15.6 Å². The normalized spacial score (nSPS) is 22.5. The third-order valence-corrected chi connectivity index (χ3v) is 5.51. The molecule has 0 heterocycles. The molecule has 1 aliphatic rings. The van der Waals surface area contributed by atoms with Gasteiger partial charge in [0.15, 0.2) is 0 Å². The number of nitrogens with two attached hydrogens (primary N) is 1. The van der Waals surface area contributed by atoms with Crippen LogP contribution in [0.15, 0.2) is 48.5 Å². The highest BCUT2D eigenvalue weighted by atomic mass is 16.5. The van der Waals surface area contributed by atoms with Crippen molar-refractivity contribution in [3.63, 3.8) is 0 Å². The zero-order valence-corrected chi connectivity index (χ0v) is 15.8. The summed E-state index contributed by atoms with van der Waals surface area (Å²) < 4.78 is 5.63. The van der Waals surface area contributed by atoms with E-state index in [1.54, 1.807) is 0 Å². The van der Waals surface area contributed by atoms with Gasteiger partial charge in [0.25, 0.3) is 0 Å². The average Bonchev–Trinajstić information content (AvgIpc) is 3.09. The van der Waals surface area contributed by atoms with Crippen LogP contribution in [0.2, 0.25) is 0 Å². The maximum absolute atomic E-state index is 9.44. The SMILES string of the molecule is CCCOc1ccc(CCc2ccc(C3CCC(N)(CO)C3)cc2)cc1. The molecule has 2 aromatic rings. The number of aliphatic hydroxyl groups is 1. The van der Waals surface area contributed by atoms with Crippen molar-refractivity contribution in [1.29, 1.82) is 0 Å². The topological polar surface area (TPSA) is 55.5 Å². The van der Waals surface area contributed by atoms with Gasteiger partial charge in [-0.2, -0.15) is 0 Å². The molecule has 3 heteroatoms. The Hall–Kier alpha value is -1.84. The van der Waals surface area contributed by atoms with E-state index in [2.05, 4.69) is 55.5 Å². The zero-order valence-electron chi connectivity index (χ0n) is 15.8. The van der Waals surface area contributed by atoms with E-state index in [0.29, 0.717) is 5.92 Å². The Morgan fingerprint density at radius 1 is 1.04 bits per heavy atom. The third-order valence-electron chi connectivity index (χ3n) is 5.51. The van der Waals surface area contributed by atoms with E-state index >= 15 is 0 Å². The number of rotatable bonds is 8. The Labute approximate surface area is 157 Å². The minimum absolute atomic E-state index is 0.0872. The number of benzene rings is 2. The molecule has 1 fully saturated rings. The fourth-order valence-electron chi connectivity index (χ4n) is 3.80. The van der Waals surface area contributed by atoms with Crippen molar-refractivity contribution >= 4 is 0 Å². The Kier molecular flexibility index (Phi) is 6.33. The molecule has 3 N–H and O–H groups in total. The maximum atomic E-state index is 9.44. The van der Waals surface area contributed by atoms with Crippen molar-refractivity contribution < 1.29 is 9.84 Å². The van der Waals surface area contributed by atoms with Crippen LogP contribution in [0.1, 0.15) is 55.2 Å². The van der Waals surface area contributed by atoms with Crippen molar-refractivity contribution in [2.75, 3.05) is 13.2 Å². The lowest BCUT2D eigenvalue weighted by molar-refractivity contribution is 0.198. The summed E-state index contributed by atoms with van der Waals surface area (Å²) >= 11 is 0. The number of ether oxygens (including phenoxy) is 1. The monoisotopic (exact) mass is 353 g/mol. The number of aryl methyl sites for hydroxylation is 2. The van der Waals surface area contributed by atoms with Crippen LogP contribution in [-0.2, 0) is 12.8 Å². The van der Waals surface area contributed by atoms with Gasteiger partial charge in [0, 0.05) is 5.54 Å². The Morgan fingerprint density at radius 3 is 2.19 bits per heavy atom. The third kappa shape index (κ3) is 4.87. The molecule has 1 saturated carbocycles. The molecular weight excluding hydrogens is 322 g/mol. The molecule has 0 amide bonds. The van der Waals surface area contributed by atoms with E-state index in [0.717, 1.165) is 50.9 Å². The predicted octanol–water partition coefficient (Wildman–Crippen LogP) is 4.22. The van der Waals surface area contributed by atoms with Crippen LogP contribution in [0.25, 0.3) is 0 Å². The van der Waals surface area contributed by atoms with Gasteiger partial charge in [-0.15, -0.1) is 0 Å². The van der Waals surface area contributed by atoms with Crippen molar-refractivity contribution in [2.45, 2.75) is 56.9 Å². The molecule has 2 atom stereocenters. The fourth-order valence-corrected chi connectivity index (χ4v) is 3.80. The summed E-state index contributed by atoms with van der Waals surface area (Å²) in [6.45, 7) is 2.98. The second-order valence-corrected chi connectivity index (χ2v) is 7.69. The standard InChI is InChI=1S/C23H31NO2/c1-2-15-26-22-11-7-19(8-12-22)4-3-18-5-9-20(10-6-18)21-13-14-23(24,16-21)17-25/h5-12,21,25H,2-4,13-17,24H2,1H3. The summed E-state index contributed by atoms with van der Waals surface area (Å²) in [6.07, 6.45) is 5.97. The van der Waals surface area contributed by atoms with Crippen LogP contribution in [-0.4, -0.2) is 23.9 Å². The van der Waals surface area contributed by atoms with Crippen LogP contribution < -0.4 is 10.5 Å². The minimum Gasteiger partial charge on any atom is -0.494 e. The van der Waals surface area contributed by atoms with Gasteiger partial charge in [-0.25, -0.2) is 0 Å². The van der Waals surface area contributed by atoms with Crippen LogP contribution in [0, 0.1) is 0 Å². The minimum atomic E-state index is -0.379. The van der Waals surface area contributed by atoms with Crippen LogP contribution >= 0.6 is 0 Å². The lowest BCUT2D eigenvalue weighted by atomic mass is 9.92. The molecule has 0 bridgehead atoms. The smallest absolute Gasteiger partial charge is 0.119 e. The van der Waals surface area contributed by atoms with E-state index in [4.69, 9.17) is 10.5 Å². The first kappa shape index (κ1) is 18.9. The van der Waals surface area contributed by atoms with Gasteiger partial charge in [0.1, 0.15) is 5.75 Å². The van der Waals surface area contributed by atoms with Crippen LogP contribution in [0.4, 0.5) is 0 Å². The second kappa shape index (κ2) is 8.70. The van der Waals surface area contributed by atoms with Crippen molar-refractivity contribution in [2.24, 2.45) is 5.73 Å². The molecule has 3 rings (SSSR count). The van der Waals surface area contributed by atoms with Gasteiger partial charge in [0.05, 0.1) is 13.2 Å². The van der Waals surface area contributed by atoms with Gasteiger partial charge in [-0.3, -0.25) is 0 Å². The number of hydrogen-bond donors (Lipinski definition) is 2. The highest BCUT2D eigenvalue weighted by Gasteiger charge is 2.35. The highest BCUT2D eigenvalue weighted by Crippen LogP contribution is 2.39. The first-order chi connectivity index (χ1) is 12.6. The molecule has 1 aliphatic carbocycles. The summed E-state index contributed by atoms with van der Waals surface area (Å²) in [5.41, 5.74) is 9.88. The van der Waals surface area contributed by atoms with Gasteiger partial charge >= 0.3 is 0 Å². The van der Waals surface area contributed by atoms with Gasteiger partial charge in [0.2, 0.25) is 0 Å². The first-order valence-corrected chi connectivity index (χ1v) is 9.82. The van der Waals surface area contributed by atoms with Gasteiger partial charge in [-0.1, -0.05) is 43.3 Å². The predicted molar refractivity (Wildman–Crippen MR) is 107 cm³/mol. The van der Waals surface area contributed by atoms with Crippen molar-refractivity contribution in [1.82, 2.24) is 0 Å². The molecular formula is C23H31NO2. The molecule has 0 aliphatic heterocycles. The van der Waals surface area contributed by atoms with E-state index in [9.17, 15) is 5.11 Å². The van der Waals surface area contributed by atoms with E-state index in [1.807, 2.05) is 0 Å².